The number of ether oxygens (including phenoxy) is 1. The van der Waals surface area contributed by atoms with E-state index >= 15 is 0 Å². The maximum Gasteiger partial charge on any atom is 0.119 e. The molecule has 1 fully saturated rings. The summed E-state index contributed by atoms with van der Waals surface area (Å²) in [4.78, 5) is 4.76. The van der Waals surface area contributed by atoms with Crippen LogP contribution >= 0.6 is 0 Å². The summed E-state index contributed by atoms with van der Waals surface area (Å²) in [6.45, 7) is 0.791. The van der Waals surface area contributed by atoms with Crippen LogP contribution in [0.3, 0.4) is 0 Å². The summed E-state index contributed by atoms with van der Waals surface area (Å²) in [5, 5.41) is 10.4. The Bertz CT molecular complexity index is 793. The summed E-state index contributed by atoms with van der Waals surface area (Å²) in [5.41, 5.74) is 2.10. The Labute approximate surface area is 135 Å². The molecule has 23 heavy (non-hydrogen) atoms. The van der Waals surface area contributed by atoms with Gasteiger partial charge in [0, 0.05) is 5.92 Å². The first-order valence-corrected chi connectivity index (χ1v) is 8.12. The van der Waals surface area contributed by atoms with Gasteiger partial charge in [-0.2, -0.15) is 0 Å². The molecule has 4 heteroatoms. The van der Waals surface area contributed by atoms with E-state index in [-0.39, 0.29) is 6.61 Å². The first-order chi connectivity index (χ1) is 11.3. The van der Waals surface area contributed by atoms with Crippen LogP contribution in [0.15, 0.2) is 54.6 Å². The Hall–Kier alpha value is -2.33. The molecule has 1 saturated carbocycles. The fourth-order valence-electron chi connectivity index (χ4n) is 2.91. The molecule has 1 atom stereocenters. The van der Waals surface area contributed by atoms with Gasteiger partial charge in [-0.25, -0.2) is 4.98 Å². The van der Waals surface area contributed by atoms with Crippen molar-refractivity contribution in [2.24, 2.45) is 0 Å². The summed E-state index contributed by atoms with van der Waals surface area (Å²) in [7, 11) is 0. The standard InChI is InChI=1S/C19H20N2O2/c22-15(13-23-16-6-2-1-3-7-16)12-21-18-9-5-4-8-17(18)20-19(21)14-10-11-14/h1-9,14-15,22H,10-13H2. The lowest BCUT2D eigenvalue weighted by Crippen LogP contribution is -2.24. The number of fused-ring (bicyclic) bond motifs is 1. The van der Waals surface area contributed by atoms with Gasteiger partial charge >= 0.3 is 0 Å². The number of benzene rings is 2. The van der Waals surface area contributed by atoms with E-state index in [1.165, 1.54) is 12.8 Å². The Morgan fingerprint density at radius 1 is 1.09 bits per heavy atom. The maximum absolute atomic E-state index is 10.4. The van der Waals surface area contributed by atoms with Crippen LogP contribution in [0, 0.1) is 0 Å². The highest BCUT2D eigenvalue weighted by atomic mass is 16.5. The second-order valence-corrected chi connectivity index (χ2v) is 6.12. The molecule has 1 aliphatic carbocycles. The monoisotopic (exact) mass is 308 g/mol. The van der Waals surface area contributed by atoms with E-state index in [4.69, 9.17) is 9.72 Å². The highest BCUT2D eigenvalue weighted by Gasteiger charge is 2.30. The smallest absolute Gasteiger partial charge is 0.119 e. The van der Waals surface area contributed by atoms with Gasteiger partial charge < -0.3 is 14.4 Å². The second-order valence-electron chi connectivity index (χ2n) is 6.12. The maximum atomic E-state index is 10.4. The van der Waals surface area contributed by atoms with Gasteiger partial charge in [0.15, 0.2) is 0 Å². The lowest BCUT2D eigenvalue weighted by Gasteiger charge is -2.15. The van der Waals surface area contributed by atoms with Crippen LogP contribution in [-0.4, -0.2) is 27.4 Å². The third kappa shape index (κ3) is 3.08. The van der Waals surface area contributed by atoms with Crippen molar-refractivity contribution in [3.63, 3.8) is 0 Å². The molecule has 0 aliphatic heterocycles. The summed E-state index contributed by atoms with van der Waals surface area (Å²) in [6, 6.07) is 17.7. The molecule has 0 amide bonds. The lowest BCUT2D eigenvalue weighted by molar-refractivity contribution is 0.0927. The zero-order valence-electron chi connectivity index (χ0n) is 12.9. The highest BCUT2D eigenvalue weighted by molar-refractivity contribution is 5.76. The van der Waals surface area contributed by atoms with E-state index < -0.39 is 6.10 Å². The number of aromatic nitrogens is 2. The minimum absolute atomic E-state index is 0.278. The van der Waals surface area contributed by atoms with Crippen molar-refractivity contribution in [1.29, 1.82) is 0 Å². The Morgan fingerprint density at radius 3 is 2.61 bits per heavy atom. The molecule has 3 aromatic rings. The normalized spacial score (nSPS) is 15.7. The summed E-state index contributed by atoms with van der Waals surface area (Å²) < 4.78 is 7.82. The first kappa shape index (κ1) is 14.3. The molecule has 4 rings (SSSR count). The minimum Gasteiger partial charge on any atom is -0.491 e. The Morgan fingerprint density at radius 2 is 1.83 bits per heavy atom. The molecule has 0 spiro atoms. The second kappa shape index (κ2) is 6.05. The molecule has 1 unspecified atom stereocenters. The number of imidazole rings is 1. The van der Waals surface area contributed by atoms with Gasteiger partial charge in [0.25, 0.3) is 0 Å². The van der Waals surface area contributed by atoms with Crippen LogP contribution < -0.4 is 4.74 Å². The predicted molar refractivity (Wildman–Crippen MR) is 89.7 cm³/mol. The largest absolute Gasteiger partial charge is 0.491 e. The lowest BCUT2D eigenvalue weighted by atomic mass is 10.3. The minimum atomic E-state index is -0.565. The molecule has 118 valence electrons. The van der Waals surface area contributed by atoms with Crippen LogP contribution in [0.4, 0.5) is 0 Å². The Kier molecular flexibility index (Phi) is 3.75. The summed E-state index contributed by atoms with van der Waals surface area (Å²) >= 11 is 0. The van der Waals surface area contributed by atoms with E-state index in [9.17, 15) is 5.11 Å². The molecule has 2 aromatic carbocycles. The average molecular weight is 308 g/mol. The molecule has 0 saturated heterocycles. The van der Waals surface area contributed by atoms with E-state index in [1.54, 1.807) is 0 Å². The molecular weight excluding hydrogens is 288 g/mol. The number of hydrogen-bond donors (Lipinski definition) is 1. The van der Waals surface area contributed by atoms with Gasteiger partial charge in [0.2, 0.25) is 0 Å². The molecule has 1 heterocycles. The van der Waals surface area contributed by atoms with Crippen molar-refractivity contribution in [1.82, 2.24) is 9.55 Å². The highest BCUT2D eigenvalue weighted by Crippen LogP contribution is 2.40. The SMILES string of the molecule is OC(COc1ccccc1)Cn1c(C2CC2)nc2ccccc21. The van der Waals surface area contributed by atoms with Crippen LogP contribution in [-0.2, 0) is 6.54 Å². The number of hydrogen-bond acceptors (Lipinski definition) is 3. The fourth-order valence-corrected chi connectivity index (χ4v) is 2.91. The van der Waals surface area contributed by atoms with Crippen molar-refractivity contribution in [3.05, 3.63) is 60.4 Å². The first-order valence-electron chi connectivity index (χ1n) is 8.12. The van der Waals surface area contributed by atoms with Crippen LogP contribution in [0.5, 0.6) is 5.75 Å². The fraction of sp³-hybridized carbons (Fsp3) is 0.316. The quantitative estimate of drug-likeness (QED) is 0.759. The van der Waals surface area contributed by atoms with E-state index in [2.05, 4.69) is 10.6 Å². The molecule has 0 radical (unpaired) electrons. The molecule has 1 N–H and O–H groups in total. The number of nitrogens with zero attached hydrogens (tertiary/aromatic N) is 2. The third-order valence-corrected chi connectivity index (χ3v) is 4.21. The average Bonchev–Trinajstić information content (AvgIpc) is 3.37. The zero-order valence-corrected chi connectivity index (χ0v) is 12.9. The topological polar surface area (TPSA) is 47.3 Å². The van der Waals surface area contributed by atoms with Gasteiger partial charge in [0.05, 0.1) is 17.6 Å². The van der Waals surface area contributed by atoms with Crippen LogP contribution in [0.25, 0.3) is 11.0 Å². The number of aliphatic hydroxyl groups is 1. The van der Waals surface area contributed by atoms with Crippen LogP contribution in [0.2, 0.25) is 0 Å². The van der Waals surface area contributed by atoms with E-state index in [1.807, 2.05) is 48.5 Å². The van der Waals surface area contributed by atoms with E-state index in [0.717, 1.165) is 22.6 Å². The molecule has 4 nitrogen and oxygen atoms in total. The third-order valence-electron chi connectivity index (χ3n) is 4.21. The summed E-state index contributed by atoms with van der Waals surface area (Å²) in [5.74, 6) is 2.43. The van der Waals surface area contributed by atoms with Crippen molar-refractivity contribution >= 4 is 11.0 Å². The number of para-hydroxylation sites is 3. The van der Waals surface area contributed by atoms with Crippen molar-refractivity contribution in [2.45, 2.75) is 31.4 Å². The van der Waals surface area contributed by atoms with Gasteiger partial charge in [-0.1, -0.05) is 30.3 Å². The predicted octanol–water partition coefficient (Wildman–Crippen LogP) is 3.35. The van der Waals surface area contributed by atoms with Gasteiger partial charge in [-0.05, 0) is 37.1 Å². The molecular formula is C19H20N2O2. The summed E-state index contributed by atoms with van der Waals surface area (Å²) in [6.07, 6.45) is 1.82. The molecule has 0 bridgehead atoms. The van der Waals surface area contributed by atoms with Crippen molar-refractivity contribution < 1.29 is 9.84 Å². The van der Waals surface area contributed by atoms with Crippen molar-refractivity contribution in [3.8, 4) is 5.75 Å². The number of rotatable bonds is 6. The zero-order chi connectivity index (χ0) is 15.6. The van der Waals surface area contributed by atoms with Gasteiger partial charge in [0.1, 0.15) is 24.3 Å². The number of aliphatic hydroxyl groups excluding tert-OH is 1. The Balaban J connectivity index is 1.51. The van der Waals surface area contributed by atoms with Gasteiger partial charge in [-0.15, -0.1) is 0 Å². The van der Waals surface area contributed by atoms with Crippen LogP contribution in [0.1, 0.15) is 24.6 Å². The van der Waals surface area contributed by atoms with E-state index in [0.29, 0.717) is 12.5 Å². The van der Waals surface area contributed by atoms with Gasteiger partial charge in [-0.3, -0.25) is 0 Å². The van der Waals surface area contributed by atoms with Crippen molar-refractivity contribution in [2.75, 3.05) is 6.61 Å². The molecule has 1 aliphatic rings. The molecule has 1 aromatic heterocycles.